The fourth-order valence-electron chi connectivity index (χ4n) is 1.57. The van der Waals surface area contributed by atoms with Crippen LogP contribution in [0.1, 0.15) is 45.4 Å². The number of nitrogens with one attached hydrogen (secondary N) is 1. The highest BCUT2D eigenvalue weighted by Crippen LogP contribution is 1.98. The van der Waals surface area contributed by atoms with Crippen LogP contribution in [0.2, 0.25) is 0 Å². The van der Waals surface area contributed by atoms with E-state index in [4.69, 9.17) is 4.74 Å². The van der Waals surface area contributed by atoms with Crippen molar-refractivity contribution in [1.82, 2.24) is 10.2 Å². The summed E-state index contributed by atoms with van der Waals surface area (Å²) < 4.78 is 5.09. The lowest BCUT2D eigenvalue weighted by Crippen LogP contribution is -2.22. The Morgan fingerprint density at radius 1 is 1.11 bits per heavy atom. The molecule has 18 heavy (non-hydrogen) atoms. The third-order valence-corrected chi connectivity index (χ3v) is 2.70. The van der Waals surface area contributed by atoms with Gasteiger partial charge in [0.1, 0.15) is 0 Å². The van der Waals surface area contributed by atoms with Crippen LogP contribution in [0.3, 0.4) is 0 Å². The monoisotopic (exact) mass is 258 g/mol. The first kappa shape index (κ1) is 17.4. The zero-order valence-electron chi connectivity index (χ0n) is 12.3. The molecule has 0 saturated heterocycles. The molecule has 4 heteroatoms. The fourth-order valence-corrected chi connectivity index (χ4v) is 1.57. The minimum absolute atomic E-state index is 0.0453. The molecular formula is C14H30N2O2. The van der Waals surface area contributed by atoms with E-state index in [0.717, 1.165) is 45.3 Å². The highest BCUT2D eigenvalue weighted by atomic mass is 16.5. The van der Waals surface area contributed by atoms with Crippen molar-refractivity contribution in [2.75, 3.05) is 40.3 Å². The third-order valence-electron chi connectivity index (χ3n) is 2.70. The smallest absolute Gasteiger partial charge is 0.305 e. The normalized spacial score (nSPS) is 10.9. The minimum Gasteiger partial charge on any atom is -0.466 e. The van der Waals surface area contributed by atoms with Crippen LogP contribution in [0.4, 0.5) is 0 Å². The maximum absolute atomic E-state index is 11.3. The van der Waals surface area contributed by atoms with Gasteiger partial charge in [-0.2, -0.15) is 0 Å². The van der Waals surface area contributed by atoms with Gasteiger partial charge in [-0.15, -0.1) is 0 Å². The Hall–Kier alpha value is -0.610. The largest absolute Gasteiger partial charge is 0.466 e. The molecule has 0 amide bonds. The van der Waals surface area contributed by atoms with E-state index in [1.54, 1.807) is 0 Å². The van der Waals surface area contributed by atoms with E-state index in [-0.39, 0.29) is 5.97 Å². The van der Waals surface area contributed by atoms with Gasteiger partial charge in [0.25, 0.3) is 0 Å². The molecule has 0 spiro atoms. The van der Waals surface area contributed by atoms with Gasteiger partial charge >= 0.3 is 5.97 Å². The van der Waals surface area contributed by atoms with Gasteiger partial charge in [0.2, 0.25) is 0 Å². The predicted octanol–water partition coefficient (Wildman–Crippen LogP) is 2.04. The molecule has 0 bridgehead atoms. The van der Waals surface area contributed by atoms with Gasteiger partial charge in [-0.25, -0.2) is 0 Å². The summed E-state index contributed by atoms with van der Waals surface area (Å²) >= 11 is 0. The van der Waals surface area contributed by atoms with E-state index in [1.165, 1.54) is 6.42 Å². The standard InChI is InChI=1S/C14H30N2O2/c1-4-5-13-18-14(17)9-6-7-10-15-11-8-12-16(2)3/h15H,4-13H2,1-3H3. The molecule has 0 aliphatic heterocycles. The molecule has 4 nitrogen and oxygen atoms in total. The summed E-state index contributed by atoms with van der Waals surface area (Å²) in [6, 6.07) is 0. The molecule has 0 aromatic heterocycles. The molecule has 0 saturated carbocycles. The average molecular weight is 258 g/mol. The molecule has 1 N–H and O–H groups in total. The number of hydrogen-bond acceptors (Lipinski definition) is 4. The number of carbonyl (C=O) groups excluding carboxylic acids is 1. The molecule has 0 aromatic carbocycles. The van der Waals surface area contributed by atoms with Crippen molar-refractivity contribution in [1.29, 1.82) is 0 Å². The van der Waals surface area contributed by atoms with Gasteiger partial charge < -0.3 is 15.0 Å². The molecule has 0 fully saturated rings. The zero-order valence-corrected chi connectivity index (χ0v) is 12.3. The Morgan fingerprint density at radius 2 is 1.83 bits per heavy atom. The van der Waals surface area contributed by atoms with E-state index < -0.39 is 0 Å². The molecular weight excluding hydrogens is 228 g/mol. The second-order valence-electron chi connectivity index (χ2n) is 4.94. The number of carbonyl (C=O) groups is 1. The number of esters is 1. The summed E-state index contributed by atoms with van der Waals surface area (Å²) in [6.07, 6.45) is 5.74. The Labute approximate surface area is 112 Å². The van der Waals surface area contributed by atoms with Gasteiger partial charge in [0.15, 0.2) is 0 Å². The third kappa shape index (κ3) is 13.5. The SMILES string of the molecule is CCCCOC(=O)CCCCNCCCN(C)C. The van der Waals surface area contributed by atoms with Crippen LogP contribution in [0.25, 0.3) is 0 Å². The maximum Gasteiger partial charge on any atom is 0.305 e. The number of hydrogen-bond donors (Lipinski definition) is 1. The summed E-state index contributed by atoms with van der Waals surface area (Å²) in [5, 5.41) is 3.39. The molecule has 0 heterocycles. The Morgan fingerprint density at radius 3 is 2.50 bits per heavy atom. The van der Waals surface area contributed by atoms with E-state index in [0.29, 0.717) is 13.0 Å². The van der Waals surface area contributed by atoms with Crippen molar-refractivity contribution in [2.24, 2.45) is 0 Å². The lowest BCUT2D eigenvalue weighted by molar-refractivity contribution is -0.143. The summed E-state index contributed by atoms with van der Waals surface area (Å²) in [6.45, 7) is 5.85. The molecule has 0 aromatic rings. The van der Waals surface area contributed by atoms with Crippen LogP contribution in [0, 0.1) is 0 Å². The molecule has 0 unspecified atom stereocenters. The topological polar surface area (TPSA) is 41.6 Å². The number of ether oxygens (including phenoxy) is 1. The van der Waals surface area contributed by atoms with Crippen molar-refractivity contribution in [3.05, 3.63) is 0 Å². The molecule has 0 aliphatic carbocycles. The Balaban J connectivity index is 3.12. The second-order valence-corrected chi connectivity index (χ2v) is 4.94. The van der Waals surface area contributed by atoms with Crippen LogP contribution < -0.4 is 5.32 Å². The first-order valence-corrected chi connectivity index (χ1v) is 7.18. The minimum atomic E-state index is -0.0453. The zero-order chi connectivity index (χ0) is 13.6. The van der Waals surface area contributed by atoms with E-state index >= 15 is 0 Å². The van der Waals surface area contributed by atoms with E-state index in [1.807, 2.05) is 0 Å². The first-order chi connectivity index (χ1) is 8.66. The van der Waals surface area contributed by atoms with Crippen molar-refractivity contribution in [3.63, 3.8) is 0 Å². The van der Waals surface area contributed by atoms with Crippen LogP contribution in [-0.4, -0.2) is 51.2 Å². The van der Waals surface area contributed by atoms with Crippen LogP contribution in [0.15, 0.2) is 0 Å². The van der Waals surface area contributed by atoms with Crippen molar-refractivity contribution < 1.29 is 9.53 Å². The van der Waals surface area contributed by atoms with Crippen molar-refractivity contribution >= 4 is 5.97 Å². The van der Waals surface area contributed by atoms with Crippen molar-refractivity contribution in [2.45, 2.75) is 45.4 Å². The lowest BCUT2D eigenvalue weighted by atomic mass is 10.2. The van der Waals surface area contributed by atoms with Crippen LogP contribution >= 0.6 is 0 Å². The predicted molar refractivity (Wildman–Crippen MR) is 75.8 cm³/mol. The van der Waals surface area contributed by atoms with Gasteiger partial charge in [-0.3, -0.25) is 4.79 Å². The molecule has 0 radical (unpaired) electrons. The quantitative estimate of drug-likeness (QED) is 0.430. The molecule has 0 atom stereocenters. The Bertz CT molecular complexity index is 196. The number of nitrogens with zero attached hydrogens (tertiary/aromatic N) is 1. The summed E-state index contributed by atoms with van der Waals surface area (Å²) in [5.74, 6) is -0.0453. The highest BCUT2D eigenvalue weighted by molar-refractivity contribution is 5.69. The van der Waals surface area contributed by atoms with Crippen LogP contribution in [-0.2, 0) is 9.53 Å². The number of unbranched alkanes of at least 4 members (excludes halogenated alkanes) is 2. The Kier molecular flexibility index (Phi) is 12.4. The summed E-state index contributed by atoms with van der Waals surface area (Å²) in [4.78, 5) is 13.5. The van der Waals surface area contributed by atoms with E-state index in [2.05, 4.69) is 31.2 Å². The highest BCUT2D eigenvalue weighted by Gasteiger charge is 2.01. The molecule has 0 aliphatic rings. The fraction of sp³-hybridized carbons (Fsp3) is 0.929. The number of rotatable bonds is 12. The summed E-state index contributed by atoms with van der Waals surface area (Å²) in [7, 11) is 4.17. The molecule has 108 valence electrons. The van der Waals surface area contributed by atoms with Gasteiger partial charge in [-0.05, 0) is 59.4 Å². The second kappa shape index (κ2) is 12.8. The first-order valence-electron chi connectivity index (χ1n) is 7.18. The van der Waals surface area contributed by atoms with Gasteiger partial charge in [0, 0.05) is 6.42 Å². The van der Waals surface area contributed by atoms with Gasteiger partial charge in [0.05, 0.1) is 6.61 Å². The van der Waals surface area contributed by atoms with Crippen LogP contribution in [0.5, 0.6) is 0 Å². The van der Waals surface area contributed by atoms with Gasteiger partial charge in [-0.1, -0.05) is 13.3 Å². The van der Waals surface area contributed by atoms with E-state index in [9.17, 15) is 4.79 Å². The van der Waals surface area contributed by atoms with Crippen molar-refractivity contribution in [3.8, 4) is 0 Å². The molecule has 0 rings (SSSR count). The average Bonchev–Trinajstić information content (AvgIpc) is 2.32. The lowest BCUT2D eigenvalue weighted by Gasteiger charge is -2.09. The summed E-state index contributed by atoms with van der Waals surface area (Å²) in [5.41, 5.74) is 0. The maximum atomic E-state index is 11.3.